The van der Waals surface area contributed by atoms with Crippen LogP contribution in [0.2, 0.25) is 5.02 Å². The first kappa shape index (κ1) is 11.8. The molecule has 0 aliphatic carbocycles. The predicted octanol–water partition coefficient (Wildman–Crippen LogP) is 3.77. The molecule has 0 radical (unpaired) electrons. The second kappa shape index (κ2) is 4.78. The van der Waals surface area contributed by atoms with E-state index in [0.29, 0.717) is 10.7 Å². The molecule has 0 atom stereocenters. The van der Waals surface area contributed by atoms with Gasteiger partial charge in [-0.1, -0.05) is 23.7 Å². The van der Waals surface area contributed by atoms with Crippen molar-refractivity contribution in [1.82, 2.24) is 9.55 Å². The van der Waals surface area contributed by atoms with Crippen molar-refractivity contribution < 1.29 is 0 Å². The zero-order valence-corrected chi connectivity index (χ0v) is 10.9. The lowest BCUT2D eigenvalue weighted by Gasteiger charge is -2.09. The lowest BCUT2D eigenvalue weighted by molar-refractivity contribution is 1.07. The number of anilines is 1. The molecule has 19 heavy (non-hydrogen) atoms. The van der Waals surface area contributed by atoms with E-state index in [4.69, 9.17) is 17.3 Å². The van der Waals surface area contributed by atoms with Crippen LogP contribution in [0.5, 0.6) is 0 Å². The number of rotatable bonds is 2. The van der Waals surface area contributed by atoms with Crippen molar-refractivity contribution in [3.8, 4) is 17.1 Å². The fourth-order valence-corrected chi connectivity index (χ4v) is 2.14. The largest absolute Gasteiger partial charge is 0.398 e. The van der Waals surface area contributed by atoms with Crippen molar-refractivity contribution in [1.29, 1.82) is 0 Å². The standard InChI is InChI=1S/C15H12ClN3/c16-11-5-7-12(8-6-11)19-10-9-18-15(19)13-3-1-2-4-14(13)17/h1-10H,17H2. The molecule has 0 amide bonds. The number of hydrogen-bond donors (Lipinski definition) is 1. The number of nitrogen functional groups attached to an aromatic ring is 1. The number of nitrogens with zero attached hydrogens (tertiary/aromatic N) is 2. The Balaban J connectivity index is 2.13. The third-order valence-corrected chi connectivity index (χ3v) is 3.20. The predicted molar refractivity (Wildman–Crippen MR) is 78.4 cm³/mol. The molecule has 1 aromatic heterocycles. The van der Waals surface area contributed by atoms with E-state index in [1.807, 2.05) is 59.3 Å². The van der Waals surface area contributed by atoms with Gasteiger partial charge in [-0.25, -0.2) is 4.98 Å². The number of hydrogen-bond acceptors (Lipinski definition) is 2. The molecule has 0 saturated heterocycles. The smallest absolute Gasteiger partial charge is 0.146 e. The Morgan fingerprint density at radius 3 is 2.47 bits per heavy atom. The molecule has 3 aromatic rings. The topological polar surface area (TPSA) is 43.8 Å². The van der Waals surface area contributed by atoms with Crippen LogP contribution >= 0.6 is 11.6 Å². The van der Waals surface area contributed by atoms with Crippen LogP contribution in [0.25, 0.3) is 17.1 Å². The Hall–Kier alpha value is -2.26. The van der Waals surface area contributed by atoms with Crippen LogP contribution < -0.4 is 5.73 Å². The van der Waals surface area contributed by atoms with E-state index < -0.39 is 0 Å². The molecule has 0 unspecified atom stereocenters. The molecule has 0 saturated carbocycles. The summed E-state index contributed by atoms with van der Waals surface area (Å²) in [7, 11) is 0. The Kier molecular flexibility index (Phi) is 2.97. The van der Waals surface area contributed by atoms with E-state index in [1.54, 1.807) is 6.20 Å². The number of aromatic nitrogens is 2. The summed E-state index contributed by atoms with van der Waals surface area (Å²) in [5, 5.41) is 0.713. The van der Waals surface area contributed by atoms with Gasteiger partial charge in [0.1, 0.15) is 5.82 Å². The van der Waals surface area contributed by atoms with Crippen LogP contribution in [0.1, 0.15) is 0 Å². The van der Waals surface area contributed by atoms with Gasteiger partial charge in [-0.15, -0.1) is 0 Å². The van der Waals surface area contributed by atoms with E-state index in [9.17, 15) is 0 Å². The van der Waals surface area contributed by atoms with Crippen molar-refractivity contribution in [2.75, 3.05) is 5.73 Å². The molecule has 0 fully saturated rings. The van der Waals surface area contributed by atoms with Gasteiger partial charge in [0.05, 0.1) is 0 Å². The monoisotopic (exact) mass is 269 g/mol. The molecule has 3 rings (SSSR count). The molecule has 0 spiro atoms. The van der Waals surface area contributed by atoms with Crippen molar-refractivity contribution in [3.63, 3.8) is 0 Å². The molecular formula is C15H12ClN3. The van der Waals surface area contributed by atoms with Gasteiger partial charge in [0.15, 0.2) is 0 Å². The Bertz CT molecular complexity index is 701. The summed E-state index contributed by atoms with van der Waals surface area (Å²) in [5.41, 5.74) is 8.64. The number of benzene rings is 2. The Labute approximate surface area is 116 Å². The minimum atomic E-state index is 0.712. The first-order valence-electron chi connectivity index (χ1n) is 5.90. The molecule has 2 aromatic carbocycles. The molecule has 0 aliphatic rings. The van der Waals surface area contributed by atoms with Crippen LogP contribution in [0.3, 0.4) is 0 Å². The van der Waals surface area contributed by atoms with Crippen LogP contribution in [0, 0.1) is 0 Å². The van der Waals surface area contributed by atoms with E-state index >= 15 is 0 Å². The number of halogens is 1. The third-order valence-electron chi connectivity index (χ3n) is 2.95. The number of para-hydroxylation sites is 1. The number of nitrogens with two attached hydrogens (primary N) is 1. The van der Waals surface area contributed by atoms with Crippen LogP contribution in [0.15, 0.2) is 60.9 Å². The van der Waals surface area contributed by atoms with Gasteiger partial charge in [0.2, 0.25) is 0 Å². The lowest BCUT2D eigenvalue weighted by Crippen LogP contribution is -1.98. The summed E-state index contributed by atoms with van der Waals surface area (Å²) in [6.45, 7) is 0. The maximum absolute atomic E-state index is 6.01. The molecule has 1 heterocycles. The summed E-state index contributed by atoms with van der Waals surface area (Å²) in [5.74, 6) is 0.820. The van der Waals surface area contributed by atoms with Crippen molar-refractivity contribution >= 4 is 17.3 Å². The van der Waals surface area contributed by atoms with Crippen molar-refractivity contribution in [3.05, 3.63) is 65.9 Å². The SMILES string of the molecule is Nc1ccccc1-c1nccn1-c1ccc(Cl)cc1. The van der Waals surface area contributed by atoms with Gasteiger partial charge >= 0.3 is 0 Å². The Morgan fingerprint density at radius 2 is 1.74 bits per heavy atom. The number of imidazole rings is 1. The van der Waals surface area contributed by atoms with Gasteiger partial charge in [-0.05, 0) is 36.4 Å². The fourth-order valence-electron chi connectivity index (χ4n) is 2.01. The highest BCUT2D eigenvalue weighted by Gasteiger charge is 2.09. The first-order chi connectivity index (χ1) is 9.25. The van der Waals surface area contributed by atoms with Crippen LogP contribution in [-0.4, -0.2) is 9.55 Å². The van der Waals surface area contributed by atoms with Gasteiger partial charge in [-0.2, -0.15) is 0 Å². The summed E-state index contributed by atoms with van der Waals surface area (Å²) in [6.07, 6.45) is 3.67. The zero-order valence-electron chi connectivity index (χ0n) is 10.1. The highest BCUT2D eigenvalue weighted by Crippen LogP contribution is 2.26. The Morgan fingerprint density at radius 1 is 1.00 bits per heavy atom. The highest BCUT2D eigenvalue weighted by molar-refractivity contribution is 6.30. The average molecular weight is 270 g/mol. The summed E-state index contributed by atoms with van der Waals surface area (Å²) < 4.78 is 1.99. The summed E-state index contributed by atoms with van der Waals surface area (Å²) >= 11 is 5.91. The van der Waals surface area contributed by atoms with Crippen LogP contribution in [-0.2, 0) is 0 Å². The molecule has 0 aliphatic heterocycles. The minimum Gasteiger partial charge on any atom is -0.398 e. The maximum atomic E-state index is 6.01. The normalized spacial score (nSPS) is 10.6. The second-order valence-corrected chi connectivity index (χ2v) is 4.62. The maximum Gasteiger partial charge on any atom is 0.146 e. The molecule has 0 bridgehead atoms. The van der Waals surface area contributed by atoms with Crippen molar-refractivity contribution in [2.24, 2.45) is 0 Å². The molecular weight excluding hydrogens is 258 g/mol. The quantitative estimate of drug-likeness (QED) is 0.720. The molecule has 2 N–H and O–H groups in total. The van der Waals surface area contributed by atoms with Gasteiger partial charge in [-0.3, -0.25) is 4.57 Å². The molecule has 3 nitrogen and oxygen atoms in total. The van der Waals surface area contributed by atoms with Crippen molar-refractivity contribution in [2.45, 2.75) is 0 Å². The van der Waals surface area contributed by atoms with Gasteiger partial charge < -0.3 is 5.73 Å². The minimum absolute atomic E-state index is 0.712. The average Bonchev–Trinajstić information content (AvgIpc) is 2.89. The molecule has 94 valence electrons. The second-order valence-electron chi connectivity index (χ2n) is 4.18. The van der Waals surface area contributed by atoms with E-state index in [0.717, 1.165) is 17.1 Å². The van der Waals surface area contributed by atoms with Gasteiger partial charge in [0, 0.05) is 34.4 Å². The molecule has 4 heteroatoms. The van der Waals surface area contributed by atoms with E-state index in [2.05, 4.69) is 4.98 Å². The fraction of sp³-hybridized carbons (Fsp3) is 0. The van der Waals surface area contributed by atoms with Gasteiger partial charge in [0.25, 0.3) is 0 Å². The highest BCUT2D eigenvalue weighted by atomic mass is 35.5. The zero-order chi connectivity index (χ0) is 13.2. The lowest BCUT2D eigenvalue weighted by atomic mass is 10.1. The van der Waals surface area contributed by atoms with Crippen LogP contribution in [0.4, 0.5) is 5.69 Å². The van der Waals surface area contributed by atoms with E-state index in [-0.39, 0.29) is 0 Å². The third kappa shape index (κ3) is 2.20. The summed E-state index contributed by atoms with van der Waals surface area (Å²) in [6, 6.07) is 15.3. The summed E-state index contributed by atoms with van der Waals surface area (Å²) in [4.78, 5) is 4.40. The van der Waals surface area contributed by atoms with E-state index in [1.165, 1.54) is 0 Å². The first-order valence-corrected chi connectivity index (χ1v) is 6.27.